The van der Waals surface area contributed by atoms with Crippen molar-refractivity contribution < 1.29 is 0 Å². The van der Waals surface area contributed by atoms with Crippen LogP contribution >= 0.6 is 0 Å². The molecule has 0 N–H and O–H groups in total. The van der Waals surface area contributed by atoms with E-state index in [1.54, 1.807) is 0 Å². The minimum atomic E-state index is 0.586. The molecule has 0 bridgehead atoms. The van der Waals surface area contributed by atoms with Crippen molar-refractivity contribution in [3.63, 3.8) is 0 Å². The van der Waals surface area contributed by atoms with E-state index in [1.807, 2.05) is 18.2 Å². The van der Waals surface area contributed by atoms with Crippen LogP contribution < -0.4 is 0 Å². The van der Waals surface area contributed by atoms with Crippen LogP contribution in [0.1, 0.15) is 0 Å². The van der Waals surface area contributed by atoms with E-state index in [4.69, 9.17) is 15.0 Å². The first-order chi connectivity index (χ1) is 26.8. The molecule has 5 heteroatoms. The number of para-hydroxylation sites is 1. The van der Waals surface area contributed by atoms with Gasteiger partial charge in [0.05, 0.1) is 22.1 Å². The molecule has 3 heterocycles. The molecule has 12 rings (SSSR count). The van der Waals surface area contributed by atoms with Gasteiger partial charge in [-0.1, -0.05) is 133 Å². The summed E-state index contributed by atoms with van der Waals surface area (Å²) in [7, 11) is 0. The van der Waals surface area contributed by atoms with Gasteiger partial charge in [-0.3, -0.25) is 4.57 Å². The maximum atomic E-state index is 5.32. The van der Waals surface area contributed by atoms with Gasteiger partial charge < -0.3 is 4.57 Å². The van der Waals surface area contributed by atoms with Gasteiger partial charge in [0.1, 0.15) is 0 Å². The van der Waals surface area contributed by atoms with Crippen LogP contribution in [0.3, 0.4) is 0 Å². The summed E-state index contributed by atoms with van der Waals surface area (Å²) in [5.74, 6) is 1.85. The molecule has 0 fully saturated rings. The smallest absolute Gasteiger partial charge is 0.238 e. The lowest BCUT2D eigenvalue weighted by atomic mass is 9.95. The number of aromatic nitrogens is 5. The Morgan fingerprint density at radius 2 is 0.833 bits per heavy atom. The van der Waals surface area contributed by atoms with E-state index in [1.165, 1.54) is 59.5 Å². The average molecular weight is 688 g/mol. The van der Waals surface area contributed by atoms with E-state index < -0.39 is 0 Å². The van der Waals surface area contributed by atoms with E-state index in [9.17, 15) is 0 Å². The van der Waals surface area contributed by atoms with Gasteiger partial charge in [-0.2, -0.15) is 9.97 Å². The van der Waals surface area contributed by atoms with Gasteiger partial charge in [-0.25, -0.2) is 4.98 Å². The fourth-order valence-electron chi connectivity index (χ4n) is 8.81. The fraction of sp³-hybridized carbons (Fsp3) is 0. The molecule has 12 aromatic rings. The van der Waals surface area contributed by atoms with E-state index in [0.717, 1.165) is 33.2 Å². The molecule has 0 amide bonds. The van der Waals surface area contributed by atoms with Crippen LogP contribution in [0, 0.1) is 0 Å². The Morgan fingerprint density at radius 1 is 0.315 bits per heavy atom. The van der Waals surface area contributed by atoms with Crippen LogP contribution in [0.2, 0.25) is 0 Å². The number of rotatable bonds is 4. The Labute approximate surface area is 309 Å². The molecule has 0 radical (unpaired) electrons. The predicted molar refractivity (Wildman–Crippen MR) is 223 cm³/mol. The molecule has 5 nitrogen and oxygen atoms in total. The summed E-state index contributed by atoms with van der Waals surface area (Å²) < 4.78 is 4.68. The number of nitrogens with zero attached hydrogens (tertiary/aromatic N) is 5. The largest absolute Gasteiger partial charge is 0.309 e. The molecular weight excluding hydrogens is 659 g/mol. The topological polar surface area (TPSA) is 48.5 Å². The highest BCUT2D eigenvalue weighted by atomic mass is 15.2. The zero-order valence-corrected chi connectivity index (χ0v) is 29.0. The monoisotopic (exact) mass is 687 g/mol. The van der Waals surface area contributed by atoms with Crippen molar-refractivity contribution in [2.45, 2.75) is 0 Å². The van der Waals surface area contributed by atoms with Crippen LogP contribution in [0.15, 0.2) is 176 Å². The molecule has 3 aromatic heterocycles. The Morgan fingerprint density at radius 3 is 1.52 bits per heavy atom. The molecule has 54 heavy (non-hydrogen) atoms. The van der Waals surface area contributed by atoms with Crippen LogP contribution in [0.5, 0.6) is 0 Å². The molecule has 250 valence electrons. The van der Waals surface area contributed by atoms with Gasteiger partial charge in [0.25, 0.3) is 0 Å². The number of fused-ring (bicyclic) bond motifs is 4. The van der Waals surface area contributed by atoms with Crippen molar-refractivity contribution in [2.75, 3.05) is 0 Å². The summed E-state index contributed by atoms with van der Waals surface area (Å²) in [5, 5.41) is 12.1. The molecule has 0 unspecified atom stereocenters. The molecule has 0 saturated carbocycles. The number of hydrogen-bond donors (Lipinski definition) is 0. The second kappa shape index (κ2) is 11.1. The summed E-state index contributed by atoms with van der Waals surface area (Å²) in [4.78, 5) is 15.7. The Bertz CT molecular complexity index is 3430. The molecule has 0 saturated heterocycles. The third-order valence-electron chi connectivity index (χ3n) is 11.1. The summed E-state index contributed by atoms with van der Waals surface area (Å²) in [5.41, 5.74) is 7.48. The van der Waals surface area contributed by atoms with Gasteiger partial charge in [0, 0.05) is 38.4 Å². The van der Waals surface area contributed by atoms with Gasteiger partial charge in [0.2, 0.25) is 5.95 Å². The maximum Gasteiger partial charge on any atom is 0.238 e. The Kier molecular flexibility index (Phi) is 5.99. The third-order valence-corrected chi connectivity index (χ3v) is 11.1. The van der Waals surface area contributed by atoms with Crippen LogP contribution in [0.4, 0.5) is 0 Å². The fourth-order valence-corrected chi connectivity index (χ4v) is 8.81. The average Bonchev–Trinajstić information content (AvgIpc) is 3.77. The predicted octanol–water partition coefficient (Wildman–Crippen LogP) is 12.3. The van der Waals surface area contributed by atoms with Gasteiger partial charge >= 0.3 is 0 Å². The molecule has 0 atom stereocenters. The summed E-state index contributed by atoms with van der Waals surface area (Å²) in [6, 6.07) is 62.5. The molecule has 0 spiro atoms. The molecule has 0 aliphatic carbocycles. The van der Waals surface area contributed by atoms with Crippen molar-refractivity contribution >= 4 is 75.9 Å². The van der Waals surface area contributed by atoms with Gasteiger partial charge in [0.15, 0.2) is 11.6 Å². The van der Waals surface area contributed by atoms with Gasteiger partial charge in [-0.15, -0.1) is 0 Å². The second-order valence-electron chi connectivity index (χ2n) is 14.0. The van der Waals surface area contributed by atoms with Crippen LogP contribution in [0.25, 0.3) is 110 Å². The molecular formula is C49H29N5. The zero-order chi connectivity index (χ0) is 35.3. The SMILES string of the molecule is c1ccc(-c2nc(-c3ccc4ccccc4c3)nc(-n3c4cccc5c6ccccc6c6cccc7c6c6c(c54)c3ccc6n7-c3ccccc3)n2)cc1. The van der Waals surface area contributed by atoms with Crippen LogP contribution in [-0.4, -0.2) is 24.1 Å². The Hall–Kier alpha value is -7.37. The maximum absolute atomic E-state index is 5.32. The van der Waals surface area contributed by atoms with E-state index >= 15 is 0 Å². The highest BCUT2D eigenvalue weighted by Crippen LogP contribution is 2.47. The summed E-state index contributed by atoms with van der Waals surface area (Å²) >= 11 is 0. The molecule has 9 aromatic carbocycles. The first-order valence-corrected chi connectivity index (χ1v) is 18.3. The zero-order valence-electron chi connectivity index (χ0n) is 29.0. The first-order valence-electron chi connectivity index (χ1n) is 18.3. The van der Waals surface area contributed by atoms with Gasteiger partial charge in [-0.05, 0) is 74.8 Å². The van der Waals surface area contributed by atoms with Crippen molar-refractivity contribution in [3.05, 3.63) is 176 Å². The lowest BCUT2D eigenvalue weighted by Gasteiger charge is -2.11. The lowest BCUT2D eigenvalue weighted by molar-refractivity contribution is 0.954. The highest BCUT2D eigenvalue weighted by molar-refractivity contribution is 6.39. The molecule has 0 aliphatic heterocycles. The number of benzene rings is 8. The highest BCUT2D eigenvalue weighted by Gasteiger charge is 2.25. The number of hydrogen-bond acceptors (Lipinski definition) is 3. The Balaban J connectivity index is 1.27. The van der Waals surface area contributed by atoms with Crippen LogP contribution in [-0.2, 0) is 0 Å². The van der Waals surface area contributed by atoms with Crippen molar-refractivity contribution in [3.8, 4) is 34.4 Å². The molecule has 0 aliphatic rings. The summed E-state index contributed by atoms with van der Waals surface area (Å²) in [6.45, 7) is 0. The van der Waals surface area contributed by atoms with E-state index in [-0.39, 0.29) is 0 Å². The van der Waals surface area contributed by atoms with E-state index in [0.29, 0.717) is 17.6 Å². The second-order valence-corrected chi connectivity index (χ2v) is 14.0. The lowest BCUT2D eigenvalue weighted by Crippen LogP contribution is -2.06. The summed E-state index contributed by atoms with van der Waals surface area (Å²) in [6.07, 6.45) is 0. The standard InChI is InChI=1S/C49H29N5/c1-3-14-31(15-4-1)47-50-48(33-26-25-30-13-7-8-16-32(30)29-33)52-49(51-47)54-40-24-12-22-38-36-20-10-9-19-35(36)37-21-11-23-39-43(37)45-41(27-28-42(54)46(45)44(38)40)53(39)34-17-5-2-6-18-34/h1-29H. The first kappa shape index (κ1) is 29.2. The quantitative estimate of drug-likeness (QED) is 0.185. The minimum absolute atomic E-state index is 0.586. The minimum Gasteiger partial charge on any atom is -0.309 e. The normalized spacial score (nSPS) is 12.1. The van der Waals surface area contributed by atoms with Crippen molar-refractivity contribution in [1.82, 2.24) is 24.1 Å². The van der Waals surface area contributed by atoms with E-state index in [2.05, 4.69) is 167 Å². The van der Waals surface area contributed by atoms with Crippen molar-refractivity contribution in [1.29, 1.82) is 0 Å². The van der Waals surface area contributed by atoms with Crippen molar-refractivity contribution in [2.24, 2.45) is 0 Å². The third kappa shape index (κ3) is 4.06.